The third-order valence-electron chi connectivity index (χ3n) is 2.89. The van der Waals surface area contributed by atoms with Crippen LogP contribution >= 0.6 is 15.9 Å². The number of nitrogens with zero attached hydrogens (tertiary/aromatic N) is 3. The van der Waals surface area contributed by atoms with Gasteiger partial charge in [-0.2, -0.15) is 10.4 Å². The fraction of sp³-hybridized carbons (Fsp3) is 0.267. The largest absolute Gasteiger partial charge is 0.324 e. The number of halogens is 1. The number of carbonyl (C=O) groups excluding carboxylic acids is 1. The van der Waals surface area contributed by atoms with Crippen molar-refractivity contribution in [1.29, 1.82) is 5.26 Å². The highest BCUT2D eigenvalue weighted by molar-refractivity contribution is 9.10. The van der Waals surface area contributed by atoms with E-state index < -0.39 is 5.41 Å². The number of benzene rings is 1. The predicted molar refractivity (Wildman–Crippen MR) is 83.9 cm³/mol. The van der Waals surface area contributed by atoms with Gasteiger partial charge in [-0.3, -0.25) is 4.79 Å². The van der Waals surface area contributed by atoms with E-state index in [0.717, 1.165) is 10.2 Å². The van der Waals surface area contributed by atoms with Gasteiger partial charge in [0.25, 0.3) is 0 Å². The van der Waals surface area contributed by atoms with Gasteiger partial charge in [0, 0.05) is 23.3 Å². The summed E-state index contributed by atoms with van der Waals surface area (Å²) >= 11 is 3.39. The van der Waals surface area contributed by atoms with Crippen molar-refractivity contribution in [3.8, 4) is 11.8 Å². The first-order valence-corrected chi connectivity index (χ1v) is 7.21. The van der Waals surface area contributed by atoms with Crippen molar-refractivity contribution >= 4 is 27.5 Å². The monoisotopic (exact) mass is 346 g/mol. The van der Waals surface area contributed by atoms with Crippen LogP contribution in [0.2, 0.25) is 0 Å². The Hall–Kier alpha value is -2.13. The molecule has 5 nitrogen and oxygen atoms in total. The SMILES string of the molecule is CC(C)(C#N)CC(=O)Nc1cc(Br)ccc1-n1cccn1. The number of hydrogen-bond donors (Lipinski definition) is 1. The minimum absolute atomic E-state index is 0.133. The molecule has 21 heavy (non-hydrogen) atoms. The number of rotatable bonds is 4. The Labute approximate surface area is 131 Å². The number of nitrogens with one attached hydrogen (secondary N) is 1. The summed E-state index contributed by atoms with van der Waals surface area (Å²) in [6.07, 6.45) is 3.61. The molecule has 0 fully saturated rings. The summed E-state index contributed by atoms with van der Waals surface area (Å²) in [4.78, 5) is 12.1. The van der Waals surface area contributed by atoms with Crippen molar-refractivity contribution < 1.29 is 4.79 Å². The van der Waals surface area contributed by atoms with Gasteiger partial charge in [-0.25, -0.2) is 4.68 Å². The molecule has 1 aromatic carbocycles. The Bertz CT molecular complexity index is 686. The minimum Gasteiger partial charge on any atom is -0.324 e. The summed E-state index contributed by atoms with van der Waals surface area (Å²) in [6.45, 7) is 3.48. The summed E-state index contributed by atoms with van der Waals surface area (Å²) in [5, 5.41) is 16.0. The Balaban J connectivity index is 2.26. The van der Waals surface area contributed by atoms with Gasteiger partial charge in [-0.05, 0) is 38.1 Å². The second-order valence-corrected chi connectivity index (χ2v) is 6.25. The van der Waals surface area contributed by atoms with Gasteiger partial charge in [0.2, 0.25) is 5.91 Å². The van der Waals surface area contributed by atoms with Crippen LogP contribution in [0.15, 0.2) is 41.1 Å². The molecule has 0 spiro atoms. The molecule has 2 rings (SSSR count). The van der Waals surface area contributed by atoms with Gasteiger partial charge in [-0.1, -0.05) is 15.9 Å². The Morgan fingerprint density at radius 2 is 2.29 bits per heavy atom. The Morgan fingerprint density at radius 1 is 1.52 bits per heavy atom. The third-order valence-corrected chi connectivity index (χ3v) is 3.38. The van der Waals surface area contributed by atoms with Crippen LogP contribution in [0.5, 0.6) is 0 Å². The zero-order valence-corrected chi connectivity index (χ0v) is 13.4. The lowest BCUT2D eigenvalue weighted by atomic mass is 9.91. The second-order valence-electron chi connectivity index (χ2n) is 5.33. The van der Waals surface area contributed by atoms with E-state index in [9.17, 15) is 4.79 Å². The van der Waals surface area contributed by atoms with Crippen LogP contribution in [0.4, 0.5) is 5.69 Å². The van der Waals surface area contributed by atoms with E-state index in [-0.39, 0.29) is 12.3 Å². The topological polar surface area (TPSA) is 70.7 Å². The normalized spacial score (nSPS) is 11.0. The highest BCUT2D eigenvalue weighted by Gasteiger charge is 2.22. The molecule has 1 aromatic heterocycles. The van der Waals surface area contributed by atoms with E-state index in [1.54, 1.807) is 30.9 Å². The van der Waals surface area contributed by atoms with Gasteiger partial charge in [0.1, 0.15) is 0 Å². The summed E-state index contributed by atoms with van der Waals surface area (Å²) in [7, 11) is 0. The molecule has 1 heterocycles. The van der Waals surface area contributed by atoms with Crippen molar-refractivity contribution in [2.45, 2.75) is 20.3 Å². The number of hydrogen-bond acceptors (Lipinski definition) is 3. The molecule has 0 aliphatic rings. The average molecular weight is 347 g/mol. The van der Waals surface area contributed by atoms with E-state index >= 15 is 0 Å². The molecule has 0 saturated heterocycles. The first kappa shape index (κ1) is 15.3. The lowest BCUT2D eigenvalue weighted by molar-refractivity contribution is -0.117. The third kappa shape index (κ3) is 3.92. The van der Waals surface area contributed by atoms with E-state index in [1.165, 1.54) is 0 Å². The molecule has 0 atom stereocenters. The van der Waals surface area contributed by atoms with Gasteiger partial charge < -0.3 is 5.32 Å². The molecule has 6 heteroatoms. The quantitative estimate of drug-likeness (QED) is 0.920. The van der Waals surface area contributed by atoms with Crippen molar-refractivity contribution in [3.05, 3.63) is 41.1 Å². The number of amides is 1. The second kappa shape index (κ2) is 6.10. The average Bonchev–Trinajstić information content (AvgIpc) is 2.92. The van der Waals surface area contributed by atoms with Crippen molar-refractivity contribution in [2.24, 2.45) is 5.41 Å². The van der Waals surface area contributed by atoms with Crippen LogP contribution in [-0.2, 0) is 4.79 Å². The summed E-state index contributed by atoms with van der Waals surface area (Å²) in [5.41, 5.74) is 0.722. The maximum absolute atomic E-state index is 12.1. The lowest BCUT2D eigenvalue weighted by Crippen LogP contribution is -2.21. The molecular weight excluding hydrogens is 332 g/mol. The van der Waals surface area contributed by atoms with E-state index in [1.807, 2.05) is 24.3 Å². The molecule has 1 N–H and O–H groups in total. The standard InChI is InChI=1S/C15H15BrN4O/c1-15(2,10-17)9-14(21)19-12-8-11(16)4-5-13(12)20-7-3-6-18-20/h3-8H,9H2,1-2H3,(H,19,21). The molecule has 2 aromatic rings. The van der Waals surface area contributed by atoms with Crippen molar-refractivity contribution in [2.75, 3.05) is 5.32 Å². The molecule has 0 aliphatic carbocycles. The van der Waals surface area contributed by atoms with Crippen LogP contribution in [-0.4, -0.2) is 15.7 Å². The highest BCUT2D eigenvalue weighted by atomic mass is 79.9. The van der Waals surface area contributed by atoms with Crippen LogP contribution in [0.1, 0.15) is 20.3 Å². The zero-order chi connectivity index (χ0) is 15.5. The molecule has 1 amide bonds. The van der Waals surface area contributed by atoms with E-state index in [0.29, 0.717) is 5.69 Å². The summed E-state index contributed by atoms with van der Waals surface area (Å²) in [6, 6.07) is 9.49. The number of aromatic nitrogens is 2. The summed E-state index contributed by atoms with van der Waals surface area (Å²) in [5.74, 6) is -0.201. The predicted octanol–water partition coefficient (Wildman–Crippen LogP) is 3.51. The molecular formula is C15H15BrN4O. The molecule has 0 saturated carbocycles. The maximum Gasteiger partial charge on any atom is 0.226 e. The maximum atomic E-state index is 12.1. The van der Waals surface area contributed by atoms with Gasteiger partial charge in [0.15, 0.2) is 0 Å². The first-order valence-electron chi connectivity index (χ1n) is 6.42. The fourth-order valence-electron chi connectivity index (χ4n) is 1.85. The van der Waals surface area contributed by atoms with Crippen LogP contribution < -0.4 is 5.32 Å². The minimum atomic E-state index is -0.693. The number of nitriles is 1. The first-order chi connectivity index (χ1) is 9.91. The fourth-order valence-corrected chi connectivity index (χ4v) is 2.22. The smallest absolute Gasteiger partial charge is 0.226 e. The van der Waals surface area contributed by atoms with E-state index in [2.05, 4.69) is 32.4 Å². The van der Waals surface area contributed by atoms with Gasteiger partial charge >= 0.3 is 0 Å². The molecule has 0 unspecified atom stereocenters. The highest BCUT2D eigenvalue weighted by Crippen LogP contribution is 2.26. The van der Waals surface area contributed by atoms with Crippen LogP contribution in [0, 0.1) is 16.7 Å². The van der Waals surface area contributed by atoms with Crippen molar-refractivity contribution in [1.82, 2.24) is 9.78 Å². The molecule has 0 bridgehead atoms. The number of anilines is 1. The zero-order valence-electron chi connectivity index (χ0n) is 11.8. The van der Waals surface area contributed by atoms with Gasteiger partial charge in [-0.15, -0.1) is 0 Å². The molecule has 108 valence electrons. The van der Waals surface area contributed by atoms with Crippen LogP contribution in [0.3, 0.4) is 0 Å². The number of carbonyl (C=O) groups is 1. The van der Waals surface area contributed by atoms with Crippen LogP contribution in [0.25, 0.3) is 5.69 Å². The lowest BCUT2D eigenvalue weighted by Gasteiger charge is -2.16. The summed E-state index contributed by atoms with van der Waals surface area (Å²) < 4.78 is 2.53. The van der Waals surface area contributed by atoms with Gasteiger partial charge in [0.05, 0.1) is 22.9 Å². The Kier molecular flexibility index (Phi) is 4.43. The molecule has 0 radical (unpaired) electrons. The van der Waals surface area contributed by atoms with E-state index in [4.69, 9.17) is 5.26 Å². The van der Waals surface area contributed by atoms with Crippen molar-refractivity contribution in [3.63, 3.8) is 0 Å². The Morgan fingerprint density at radius 3 is 2.90 bits per heavy atom. The molecule has 0 aliphatic heterocycles.